The number of carbonyl (C=O) groups is 1. The van der Waals surface area contributed by atoms with Crippen LogP contribution in [0.4, 0.5) is 0 Å². The van der Waals surface area contributed by atoms with Crippen LogP contribution in [-0.2, 0) is 22.6 Å². The van der Waals surface area contributed by atoms with Crippen molar-refractivity contribution >= 4 is 5.97 Å². The van der Waals surface area contributed by atoms with Crippen LogP contribution in [0.2, 0.25) is 0 Å². The normalized spacial score (nSPS) is 17.7. The van der Waals surface area contributed by atoms with Gasteiger partial charge in [0.05, 0.1) is 5.41 Å². The number of methoxy groups -OCH3 is 1. The van der Waals surface area contributed by atoms with Crippen LogP contribution >= 0.6 is 0 Å². The Morgan fingerprint density at radius 2 is 2.20 bits per heavy atom. The van der Waals surface area contributed by atoms with Crippen molar-refractivity contribution in [2.45, 2.75) is 25.9 Å². The molecule has 1 aliphatic rings. The van der Waals surface area contributed by atoms with Crippen LogP contribution in [0.1, 0.15) is 24.4 Å². The van der Waals surface area contributed by atoms with Gasteiger partial charge in [-0.25, -0.2) is 0 Å². The first kappa shape index (κ1) is 10.2. The van der Waals surface area contributed by atoms with Crippen molar-refractivity contribution in [2.24, 2.45) is 5.41 Å². The lowest BCUT2D eigenvalue weighted by molar-refractivity contribution is -0.143. The molecule has 4 nitrogen and oxygen atoms in total. The molecule has 82 valence electrons. The van der Waals surface area contributed by atoms with Crippen molar-refractivity contribution in [2.75, 3.05) is 7.11 Å². The molecule has 0 amide bonds. The predicted octanol–water partition coefficient (Wildman–Crippen LogP) is 1.83. The highest BCUT2D eigenvalue weighted by Gasteiger charge is 2.50. The Balaban J connectivity index is 2.02. The molecule has 0 unspecified atom stereocenters. The van der Waals surface area contributed by atoms with Crippen LogP contribution < -0.4 is 0 Å². The van der Waals surface area contributed by atoms with E-state index in [1.165, 1.54) is 0 Å². The number of ether oxygens (including phenoxy) is 1. The van der Waals surface area contributed by atoms with Crippen molar-refractivity contribution < 1.29 is 19.1 Å². The molecular weight excluding hydrogens is 196 g/mol. The van der Waals surface area contributed by atoms with Gasteiger partial charge in [0.1, 0.15) is 18.1 Å². The number of furan rings is 1. The maximum Gasteiger partial charge on any atom is 0.310 e. The summed E-state index contributed by atoms with van der Waals surface area (Å²) in [5.41, 5.74) is -0.553. The number of hydrogen-bond acceptors (Lipinski definition) is 3. The third kappa shape index (κ3) is 2.04. The van der Waals surface area contributed by atoms with E-state index in [4.69, 9.17) is 14.3 Å². The second-order valence-corrected chi connectivity index (χ2v) is 4.06. The topological polar surface area (TPSA) is 59.7 Å². The van der Waals surface area contributed by atoms with Crippen molar-refractivity contribution in [1.29, 1.82) is 0 Å². The van der Waals surface area contributed by atoms with Crippen LogP contribution in [-0.4, -0.2) is 18.2 Å². The molecule has 15 heavy (non-hydrogen) atoms. The van der Waals surface area contributed by atoms with Gasteiger partial charge in [-0.15, -0.1) is 0 Å². The molecule has 0 spiro atoms. The van der Waals surface area contributed by atoms with Gasteiger partial charge in [0, 0.05) is 13.5 Å². The summed E-state index contributed by atoms with van der Waals surface area (Å²) in [5, 5.41) is 9.01. The van der Waals surface area contributed by atoms with Crippen LogP contribution in [0.25, 0.3) is 0 Å². The molecule has 1 saturated carbocycles. The van der Waals surface area contributed by atoms with Crippen molar-refractivity contribution in [3.8, 4) is 0 Å². The first-order chi connectivity index (χ1) is 7.16. The van der Waals surface area contributed by atoms with Gasteiger partial charge in [-0.05, 0) is 25.0 Å². The Morgan fingerprint density at radius 3 is 2.73 bits per heavy atom. The van der Waals surface area contributed by atoms with Gasteiger partial charge in [0.2, 0.25) is 0 Å². The summed E-state index contributed by atoms with van der Waals surface area (Å²) in [7, 11) is 1.60. The van der Waals surface area contributed by atoms with Crippen LogP contribution in [0.3, 0.4) is 0 Å². The highest BCUT2D eigenvalue weighted by atomic mass is 16.5. The lowest BCUT2D eigenvalue weighted by atomic mass is 10.0. The van der Waals surface area contributed by atoms with Gasteiger partial charge in [0.25, 0.3) is 0 Å². The molecule has 0 radical (unpaired) electrons. The van der Waals surface area contributed by atoms with Crippen LogP contribution in [0.5, 0.6) is 0 Å². The predicted molar refractivity (Wildman–Crippen MR) is 52.4 cm³/mol. The third-order valence-electron chi connectivity index (χ3n) is 2.82. The van der Waals surface area contributed by atoms with Crippen molar-refractivity contribution in [3.05, 3.63) is 23.7 Å². The summed E-state index contributed by atoms with van der Waals surface area (Å²) in [6.45, 7) is 0.431. The van der Waals surface area contributed by atoms with Gasteiger partial charge in [-0.1, -0.05) is 0 Å². The Bertz CT molecular complexity index is 362. The fourth-order valence-corrected chi connectivity index (χ4v) is 1.69. The van der Waals surface area contributed by atoms with E-state index in [0.717, 1.165) is 24.4 Å². The first-order valence-electron chi connectivity index (χ1n) is 4.96. The van der Waals surface area contributed by atoms with Crippen LogP contribution in [0, 0.1) is 5.41 Å². The van der Waals surface area contributed by atoms with E-state index < -0.39 is 11.4 Å². The van der Waals surface area contributed by atoms with Crippen LogP contribution in [0.15, 0.2) is 16.5 Å². The summed E-state index contributed by atoms with van der Waals surface area (Å²) >= 11 is 0. The van der Waals surface area contributed by atoms with E-state index in [0.29, 0.717) is 13.0 Å². The highest BCUT2D eigenvalue weighted by molar-refractivity contribution is 5.78. The van der Waals surface area contributed by atoms with E-state index in [2.05, 4.69) is 0 Å². The average molecular weight is 210 g/mol. The smallest absolute Gasteiger partial charge is 0.310 e. The average Bonchev–Trinajstić information content (AvgIpc) is 2.83. The summed E-state index contributed by atoms with van der Waals surface area (Å²) in [6.07, 6.45) is 2.00. The van der Waals surface area contributed by atoms with E-state index in [-0.39, 0.29) is 0 Å². The van der Waals surface area contributed by atoms with Gasteiger partial charge < -0.3 is 14.3 Å². The standard InChI is InChI=1S/C11H14O4/c1-14-7-9-3-2-8(15-9)6-11(4-5-11)10(12)13/h2-3H,4-7H2,1H3,(H,12,13). The molecular formula is C11H14O4. The Labute approximate surface area is 87.8 Å². The minimum atomic E-state index is -0.716. The lowest BCUT2D eigenvalue weighted by Crippen LogP contribution is -2.17. The second-order valence-electron chi connectivity index (χ2n) is 4.06. The lowest BCUT2D eigenvalue weighted by Gasteiger charge is -2.06. The molecule has 1 aromatic rings. The van der Waals surface area contributed by atoms with E-state index in [9.17, 15) is 4.79 Å². The quantitative estimate of drug-likeness (QED) is 0.805. The zero-order chi connectivity index (χ0) is 10.9. The highest BCUT2D eigenvalue weighted by Crippen LogP contribution is 2.48. The molecule has 1 aliphatic carbocycles. The number of carboxylic acids is 1. The van der Waals surface area contributed by atoms with Gasteiger partial charge in [-0.3, -0.25) is 4.79 Å². The largest absolute Gasteiger partial charge is 0.481 e. The Kier molecular flexibility index (Phi) is 2.52. The molecule has 1 N–H and O–H groups in total. The van der Waals surface area contributed by atoms with Crippen molar-refractivity contribution in [1.82, 2.24) is 0 Å². The Morgan fingerprint density at radius 1 is 1.53 bits per heavy atom. The number of carboxylic acid groups (broad SMARTS) is 1. The first-order valence-corrected chi connectivity index (χ1v) is 4.96. The monoisotopic (exact) mass is 210 g/mol. The molecule has 4 heteroatoms. The number of hydrogen-bond donors (Lipinski definition) is 1. The second kappa shape index (κ2) is 3.70. The zero-order valence-electron chi connectivity index (χ0n) is 8.66. The van der Waals surface area contributed by atoms with E-state index >= 15 is 0 Å². The fraction of sp³-hybridized carbons (Fsp3) is 0.545. The zero-order valence-corrected chi connectivity index (χ0v) is 8.66. The summed E-state index contributed by atoms with van der Waals surface area (Å²) < 4.78 is 10.4. The summed E-state index contributed by atoms with van der Waals surface area (Å²) in [5.74, 6) is 0.767. The molecule has 1 fully saturated rings. The maximum absolute atomic E-state index is 11.0. The van der Waals surface area contributed by atoms with Crippen molar-refractivity contribution in [3.63, 3.8) is 0 Å². The molecule has 2 rings (SSSR count). The molecule has 0 bridgehead atoms. The van der Waals surface area contributed by atoms with E-state index in [1.807, 2.05) is 12.1 Å². The fourth-order valence-electron chi connectivity index (χ4n) is 1.69. The number of rotatable bonds is 5. The molecule has 0 saturated heterocycles. The minimum Gasteiger partial charge on any atom is -0.481 e. The molecule has 0 atom stereocenters. The Hall–Kier alpha value is -1.29. The third-order valence-corrected chi connectivity index (χ3v) is 2.82. The van der Waals surface area contributed by atoms with Gasteiger partial charge in [-0.2, -0.15) is 0 Å². The van der Waals surface area contributed by atoms with Gasteiger partial charge in [0.15, 0.2) is 0 Å². The maximum atomic E-state index is 11.0. The minimum absolute atomic E-state index is 0.431. The number of aliphatic carboxylic acids is 1. The molecule has 0 aliphatic heterocycles. The molecule has 0 aromatic carbocycles. The molecule has 1 aromatic heterocycles. The molecule has 1 heterocycles. The van der Waals surface area contributed by atoms with Gasteiger partial charge >= 0.3 is 5.97 Å². The SMILES string of the molecule is COCc1ccc(CC2(C(=O)O)CC2)o1. The summed E-state index contributed by atoms with van der Waals surface area (Å²) in [4.78, 5) is 11.0. The summed E-state index contributed by atoms with van der Waals surface area (Å²) in [6, 6.07) is 3.66. The van der Waals surface area contributed by atoms with E-state index in [1.54, 1.807) is 7.11 Å².